The molecule has 17 heavy (non-hydrogen) atoms. The van der Waals surface area contributed by atoms with E-state index in [-0.39, 0.29) is 5.78 Å². The Kier molecular flexibility index (Phi) is 2.96. The van der Waals surface area contributed by atoms with Crippen LogP contribution in [0.5, 0.6) is 0 Å². The number of carbonyl (C=O) groups excluding carboxylic acids is 1. The number of hydrogen-bond donors (Lipinski definition) is 1. The zero-order chi connectivity index (χ0) is 12.4. The molecule has 0 aromatic heterocycles. The number of nitrogens with two attached hydrogens (primary N) is 1. The lowest BCUT2D eigenvalue weighted by Gasteiger charge is -2.06. The van der Waals surface area contributed by atoms with Gasteiger partial charge in [-0.1, -0.05) is 29.8 Å². The Morgan fingerprint density at radius 1 is 1.06 bits per heavy atom. The van der Waals surface area contributed by atoms with Crippen molar-refractivity contribution >= 4 is 11.5 Å². The molecule has 2 nitrogen and oxygen atoms in total. The van der Waals surface area contributed by atoms with E-state index in [2.05, 4.69) is 0 Å². The molecule has 0 saturated carbocycles. The van der Waals surface area contributed by atoms with Gasteiger partial charge >= 0.3 is 0 Å². The quantitative estimate of drug-likeness (QED) is 0.630. The van der Waals surface area contributed by atoms with Gasteiger partial charge in [-0.05, 0) is 37.6 Å². The topological polar surface area (TPSA) is 43.1 Å². The van der Waals surface area contributed by atoms with Crippen LogP contribution in [0.25, 0.3) is 0 Å². The molecule has 0 radical (unpaired) electrons. The van der Waals surface area contributed by atoms with E-state index in [0.717, 1.165) is 11.1 Å². The van der Waals surface area contributed by atoms with Gasteiger partial charge in [0.25, 0.3) is 0 Å². The number of benzene rings is 2. The van der Waals surface area contributed by atoms with Gasteiger partial charge in [0.1, 0.15) is 0 Å². The summed E-state index contributed by atoms with van der Waals surface area (Å²) in [7, 11) is 0. The average molecular weight is 225 g/mol. The van der Waals surface area contributed by atoms with Crippen molar-refractivity contribution in [3.63, 3.8) is 0 Å². The molecule has 2 aromatic carbocycles. The molecule has 0 atom stereocenters. The van der Waals surface area contributed by atoms with Gasteiger partial charge in [-0.25, -0.2) is 0 Å². The molecule has 0 heterocycles. The first kappa shape index (κ1) is 11.4. The number of rotatable bonds is 2. The predicted octanol–water partition coefficient (Wildman–Crippen LogP) is 3.12. The van der Waals surface area contributed by atoms with Crippen LogP contribution < -0.4 is 5.73 Å². The Morgan fingerprint density at radius 2 is 1.82 bits per heavy atom. The third-order valence-electron chi connectivity index (χ3n) is 2.79. The zero-order valence-corrected chi connectivity index (χ0v) is 10.0. The van der Waals surface area contributed by atoms with Crippen molar-refractivity contribution in [3.05, 3.63) is 64.7 Å². The summed E-state index contributed by atoms with van der Waals surface area (Å²) >= 11 is 0. The second-order valence-corrected chi connectivity index (χ2v) is 4.27. The Hall–Kier alpha value is -2.09. The van der Waals surface area contributed by atoms with Gasteiger partial charge in [0.05, 0.1) is 0 Å². The number of hydrogen-bond acceptors (Lipinski definition) is 2. The van der Waals surface area contributed by atoms with Crippen molar-refractivity contribution in [2.75, 3.05) is 5.73 Å². The Morgan fingerprint density at radius 3 is 2.53 bits per heavy atom. The zero-order valence-electron chi connectivity index (χ0n) is 10.0. The van der Waals surface area contributed by atoms with E-state index in [9.17, 15) is 4.79 Å². The Balaban J connectivity index is 2.47. The summed E-state index contributed by atoms with van der Waals surface area (Å²) < 4.78 is 0. The van der Waals surface area contributed by atoms with Crippen molar-refractivity contribution in [2.24, 2.45) is 0 Å². The van der Waals surface area contributed by atoms with Crippen LogP contribution in [0.15, 0.2) is 42.5 Å². The van der Waals surface area contributed by atoms with Crippen LogP contribution in [-0.2, 0) is 0 Å². The summed E-state index contributed by atoms with van der Waals surface area (Å²) in [5.74, 6) is 0.0264. The number of anilines is 1. The van der Waals surface area contributed by atoms with E-state index in [4.69, 9.17) is 5.73 Å². The van der Waals surface area contributed by atoms with Gasteiger partial charge in [0.2, 0.25) is 0 Å². The molecule has 2 heteroatoms. The van der Waals surface area contributed by atoms with Crippen LogP contribution in [0.1, 0.15) is 27.0 Å². The molecule has 2 aromatic rings. The fourth-order valence-electron chi connectivity index (χ4n) is 1.83. The van der Waals surface area contributed by atoms with Crippen molar-refractivity contribution in [3.8, 4) is 0 Å². The summed E-state index contributed by atoms with van der Waals surface area (Å²) in [4.78, 5) is 12.3. The van der Waals surface area contributed by atoms with E-state index in [1.54, 1.807) is 6.07 Å². The maximum Gasteiger partial charge on any atom is 0.193 e. The van der Waals surface area contributed by atoms with E-state index < -0.39 is 0 Å². The maximum absolute atomic E-state index is 12.3. The van der Waals surface area contributed by atoms with Gasteiger partial charge < -0.3 is 5.73 Å². The summed E-state index contributed by atoms with van der Waals surface area (Å²) in [6.45, 7) is 3.89. The highest BCUT2D eigenvalue weighted by Crippen LogP contribution is 2.17. The van der Waals surface area contributed by atoms with Crippen LogP contribution in [0.4, 0.5) is 5.69 Å². The van der Waals surface area contributed by atoms with E-state index >= 15 is 0 Å². The molecule has 0 fully saturated rings. The lowest BCUT2D eigenvalue weighted by molar-refractivity contribution is 0.103. The fourth-order valence-corrected chi connectivity index (χ4v) is 1.83. The summed E-state index contributed by atoms with van der Waals surface area (Å²) in [5, 5.41) is 0. The molecule has 2 rings (SSSR count). The minimum atomic E-state index is 0.0264. The van der Waals surface area contributed by atoms with Gasteiger partial charge in [0, 0.05) is 16.8 Å². The maximum atomic E-state index is 12.3. The molecule has 2 N–H and O–H groups in total. The monoisotopic (exact) mass is 225 g/mol. The van der Waals surface area contributed by atoms with Crippen LogP contribution in [-0.4, -0.2) is 5.78 Å². The molecule has 0 bridgehead atoms. The van der Waals surface area contributed by atoms with Crippen LogP contribution >= 0.6 is 0 Å². The fraction of sp³-hybridized carbons (Fsp3) is 0.133. The predicted molar refractivity (Wildman–Crippen MR) is 70.2 cm³/mol. The molecular formula is C15H15NO. The Labute approximate surface area is 101 Å². The minimum absolute atomic E-state index is 0.0264. The Bertz CT molecular complexity index is 573. The van der Waals surface area contributed by atoms with Crippen molar-refractivity contribution in [1.82, 2.24) is 0 Å². The van der Waals surface area contributed by atoms with E-state index in [0.29, 0.717) is 16.8 Å². The van der Waals surface area contributed by atoms with Gasteiger partial charge in [-0.3, -0.25) is 4.79 Å². The molecule has 0 amide bonds. The number of carbonyl (C=O) groups is 1. The van der Waals surface area contributed by atoms with E-state index in [1.165, 1.54) is 0 Å². The van der Waals surface area contributed by atoms with Gasteiger partial charge in [0.15, 0.2) is 5.78 Å². The molecule has 86 valence electrons. The minimum Gasteiger partial charge on any atom is -0.399 e. The molecule has 0 unspecified atom stereocenters. The van der Waals surface area contributed by atoms with Gasteiger partial charge in [-0.15, -0.1) is 0 Å². The summed E-state index contributed by atoms with van der Waals surface area (Å²) in [6, 6.07) is 13.0. The molecule has 0 aliphatic heterocycles. The molecule has 0 aliphatic rings. The summed E-state index contributed by atoms with van der Waals surface area (Å²) in [6.07, 6.45) is 0. The largest absolute Gasteiger partial charge is 0.399 e. The highest BCUT2D eigenvalue weighted by molar-refractivity contribution is 6.10. The molecular weight excluding hydrogens is 210 g/mol. The standard InChI is InChI=1S/C15H15NO/c1-10-4-3-5-12(8-10)15(17)14-9-13(16)7-6-11(14)2/h3-9H,16H2,1-2H3. The number of aryl methyl sites for hydroxylation is 2. The summed E-state index contributed by atoms with van der Waals surface area (Å²) in [5.41, 5.74) is 9.75. The first-order valence-electron chi connectivity index (χ1n) is 5.55. The molecule has 0 saturated heterocycles. The van der Waals surface area contributed by atoms with Gasteiger partial charge in [-0.2, -0.15) is 0 Å². The third-order valence-corrected chi connectivity index (χ3v) is 2.79. The van der Waals surface area contributed by atoms with Crippen molar-refractivity contribution in [2.45, 2.75) is 13.8 Å². The third kappa shape index (κ3) is 2.36. The van der Waals surface area contributed by atoms with E-state index in [1.807, 2.05) is 50.2 Å². The average Bonchev–Trinajstić information content (AvgIpc) is 2.31. The first-order chi connectivity index (χ1) is 8.08. The van der Waals surface area contributed by atoms with Crippen LogP contribution in [0, 0.1) is 13.8 Å². The number of ketones is 1. The van der Waals surface area contributed by atoms with Crippen LogP contribution in [0.3, 0.4) is 0 Å². The normalized spacial score (nSPS) is 10.2. The number of nitrogen functional groups attached to an aromatic ring is 1. The second-order valence-electron chi connectivity index (χ2n) is 4.27. The molecule has 0 spiro atoms. The molecule has 0 aliphatic carbocycles. The second kappa shape index (κ2) is 4.42. The van der Waals surface area contributed by atoms with Crippen molar-refractivity contribution < 1.29 is 4.79 Å². The lowest BCUT2D eigenvalue weighted by Crippen LogP contribution is -2.04. The first-order valence-corrected chi connectivity index (χ1v) is 5.55. The highest BCUT2D eigenvalue weighted by atomic mass is 16.1. The lowest BCUT2D eigenvalue weighted by atomic mass is 9.97. The van der Waals surface area contributed by atoms with Crippen LogP contribution in [0.2, 0.25) is 0 Å². The SMILES string of the molecule is Cc1cccc(C(=O)c2cc(N)ccc2C)c1. The highest BCUT2D eigenvalue weighted by Gasteiger charge is 2.11. The smallest absolute Gasteiger partial charge is 0.193 e. The van der Waals surface area contributed by atoms with Crippen molar-refractivity contribution in [1.29, 1.82) is 0 Å².